The van der Waals surface area contributed by atoms with Crippen molar-refractivity contribution in [3.8, 4) is 34.2 Å². The molecule has 1 aliphatic heterocycles. The monoisotopic (exact) mass is 563 g/mol. The first kappa shape index (κ1) is 28.3. The van der Waals surface area contributed by atoms with Crippen LogP contribution >= 0.6 is 12.4 Å². The number of carbonyl (C=O) groups excluding carboxylic acids is 2. The number of β-amino-alcohol motifs (C(OH)–C–C–N with tert-alkyl or cyclic N) is 1. The highest BCUT2D eigenvalue weighted by atomic mass is 35.5. The van der Waals surface area contributed by atoms with Crippen molar-refractivity contribution < 1.29 is 28.6 Å². The van der Waals surface area contributed by atoms with Crippen LogP contribution < -0.4 is 16.0 Å². The average molecular weight is 564 g/mol. The molecule has 2 aromatic carbocycles. The number of aromatic nitrogens is 1. The molecule has 1 unspecified atom stereocenters. The van der Waals surface area contributed by atoms with E-state index in [-0.39, 0.29) is 58.9 Å². The SMILES string of the molecule is Cl.N#Cc1c(-c2cccc(NC(=O)[C@@H]3CC(O)CN3)c2)cc(-c2ccc(F)cc2O)nc1NC(=O)c1ccco1. The Bertz CT molecular complexity index is 1610. The van der Waals surface area contributed by atoms with E-state index in [0.717, 1.165) is 12.1 Å². The van der Waals surface area contributed by atoms with Crippen LogP contribution in [0.3, 0.4) is 0 Å². The molecule has 5 N–H and O–H groups in total. The fraction of sp³-hybridized carbons (Fsp3) is 0.143. The average Bonchev–Trinajstić information content (AvgIpc) is 3.61. The number of phenolic OH excluding ortho intramolecular Hbond substituents is 1. The lowest BCUT2D eigenvalue weighted by atomic mass is 9.97. The minimum atomic E-state index is -0.650. The molecule has 5 rings (SSSR count). The second-order valence-corrected chi connectivity index (χ2v) is 8.90. The van der Waals surface area contributed by atoms with Gasteiger partial charge in [-0.15, -0.1) is 12.4 Å². The minimum absolute atomic E-state index is 0. The van der Waals surface area contributed by atoms with Gasteiger partial charge in [-0.1, -0.05) is 12.1 Å². The Morgan fingerprint density at radius 2 is 1.93 bits per heavy atom. The van der Waals surface area contributed by atoms with Crippen molar-refractivity contribution in [2.75, 3.05) is 17.2 Å². The summed E-state index contributed by atoms with van der Waals surface area (Å²) in [5.41, 5.74) is 1.63. The van der Waals surface area contributed by atoms with Crippen LogP contribution in [-0.4, -0.2) is 45.7 Å². The van der Waals surface area contributed by atoms with Crippen LogP contribution in [0.5, 0.6) is 5.75 Å². The molecule has 2 atom stereocenters. The maximum atomic E-state index is 13.7. The number of nitriles is 1. The van der Waals surface area contributed by atoms with Gasteiger partial charge in [-0.25, -0.2) is 9.37 Å². The molecule has 2 amide bonds. The molecule has 1 aliphatic rings. The second kappa shape index (κ2) is 12.0. The molecule has 0 saturated carbocycles. The first-order valence-corrected chi connectivity index (χ1v) is 11.9. The lowest BCUT2D eigenvalue weighted by Crippen LogP contribution is -2.35. The van der Waals surface area contributed by atoms with E-state index in [0.29, 0.717) is 23.4 Å². The number of halogens is 2. The van der Waals surface area contributed by atoms with Crippen LogP contribution in [0.25, 0.3) is 22.4 Å². The highest BCUT2D eigenvalue weighted by Crippen LogP contribution is 2.36. The number of aromatic hydroxyl groups is 1. The van der Waals surface area contributed by atoms with Crippen molar-refractivity contribution in [1.82, 2.24) is 10.3 Å². The summed E-state index contributed by atoms with van der Waals surface area (Å²) in [4.78, 5) is 29.8. The Kier molecular flexibility index (Phi) is 8.45. The molecule has 0 spiro atoms. The predicted molar refractivity (Wildman–Crippen MR) is 146 cm³/mol. The van der Waals surface area contributed by atoms with Gasteiger partial charge in [0.15, 0.2) is 11.6 Å². The number of benzene rings is 2. The van der Waals surface area contributed by atoms with Gasteiger partial charge in [-0.3, -0.25) is 9.59 Å². The van der Waals surface area contributed by atoms with Gasteiger partial charge >= 0.3 is 0 Å². The Morgan fingerprint density at radius 1 is 1.10 bits per heavy atom. The predicted octanol–water partition coefficient (Wildman–Crippen LogP) is 4.06. The summed E-state index contributed by atoms with van der Waals surface area (Å²) in [5.74, 6) is -2.11. The number of phenols is 1. The zero-order valence-electron chi connectivity index (χ0n) is 20.7. The summed E-state index contributed by atoms with van der Waals surface area (Å²) in [7, 11) is 0. The van der Waals surface area contributed by atoms with Crippen molar-refractivity contribution in [3.05, 3.63) is 84.1 Å². The fourth-order valence-electron chi connectivity index (χ4n) is 4.32. The molecule has 0 aliphatic carbocycles. The molecule has 10 nitrogen and oxygen atoms in total. The van der Waals surface area contributed by atoms with Gasteiger partial charge in [0, 0.05) is 29.4 Å². The number of hydrogen-bond donors (Lipinski definition) is 5. The number of aliphatic hydroxyl groups excluding tert-OH is 1. The first-order chi connectivity index (χ1) is 18.8. The zero-order valence-corrected chi connectivity index (χ0v) is 21.5. The molecular formula is C28H23ClFN5O5. The molecule has 0 radical (unpaired) electrons. The quantitative estimate of drug-likeness (QED) is 0.235. The van der Waals surface area contributed by atoms with Crippen molar-refractivity contribution >= 4 is 35.7 Å². The largest absolute Gasteiger partial charge is 0.507 e. The lowest BCUT2D eigenvalue weighted by molar-refractivity contribution is -0.117. The van der Waals surface area contributed by atoms with E-state index >= 15 is 0 Å². The van der Waals surface area contributed by atoms with Crippen LogP contribution in [-0.2, 0) is 4.79 Å². The van der Waals surface area contributed by atoms with Crippen molar-refractivity contribution in [3.63, 3.8) is 0 Å². The fourth-order valence-corrected chi connectivity index (χ4v) is 4.32. The standard InChI is InChI=1S/C28H22FN5O5.ClH/c29-16-6-7-19(24(36)10-16)22-12-20(21(13-30)26(33-22)34-28(38)25-5-2-8-39-25)15-3-1-4-17(9-15)32-27(37)23-11-18(35)14-31-23;/h1-10,12,18,23,31,35-36H,11,14H2,(H,32,37)(H,33,34,38);1H/t18?,23-;/m0./s1. The molecule has 2 aromatic heterocycles. The number of aliphatic hydroxyl groups is 1. The number of nitrogens with zero attached hydrogens (tertiary/aromatic N) is 2. The number of anilines is 2. The van der Waals surface area contributed by atoms with Gasteiger partial charge in [-0.05, 0) is 54.4 Å². The third-order valence-electron chi connectivity index (χ3n) is 6.21. The number of furan rings is 1. The number of amides is 2. The summed E-state index contributed by atoms with van der Waals surface area (Å²) in [5, 5.41) is 38.5. The van der Waals surface area contributed by atoms with E-state index in [1.165, 1.54) is 30.5 Å². The number of carbonyl (C=O) groups is 2. The van der Waals surface area contributed by atoms with Gasteiger partial charge in [-0.2, -0.15) is 5.26 Å². The summed E-state index contributed by atoms with van der Waals surface area (Å²) in [6, 6.07) is 16.2. The van der Waals surface area contributed by atoms with E-state index in [2.05, 4.69) is 27.0 Å². The smallest absolute Gasteiger partial charge is 0.292 e. The highest BCUT2D eigenvalue weighted by molar-refractivity contribution is 6.03. The van der Waals surface area contributed by atoms with E-state index in [1.54, 1.807) is 24.3 Å². The summed E-state index contributed by atoms with van der Waals surface area (Å²) in [6.07, 6.45) is 1.02. The molecular weight excluding hydrogens is 541 g/mol. The molecule has 4 aromatic rings. The minimum Gasteiger partial charge on any atom is -0.507 e. The van der Waals surface area contributed by atoms with Gasteiger partial charge in [0.1, 0.15) is 23.2 Å². The van der Waals surface area contributed by atoms with Crippen molar-refractivity contribution in [2.45, 2.75) is 18.6 Å². The van der Waals surface area contributed by atoms with Crippen LogP contribution in [0.15, 0.2) is 71.3 Å². The summed E-state index contributed by atoms with van der Waals surface area (Å²) in [6.45, 7) is 0.326. The van der Waals surface area contributed by atoms with E-state index in [4.69, 9.17) is 4.42 Å². The van der Waals surface area contributed by atoms with Crippen LogP contribution in [0.4, 0.5) is 15.9 Å². The summed E-state index contributed by atoms with van der Waals surface area (Å²) < 4.78 is 18.8. The Hall–Kier alpha value is -4.76. The topological polar surface area (TPSA) is 161 Å². The number of nitrogens with one attached hydrogen (secondary N) is 3. The van der Waals surface area contributed by atoms with Crippen LogP contribution in [0.2, 0.25) is 0 Å². The molecule has 12 heteroatoms. The van der Waals surface area contributed by atoms with Gasteiger partial charge in [0.2, 0.25) is 5.91 Å². The normalized spacial score (nSPS) is 16.0. The molecule has 3 heterocycles. The maximum absolute atomic E-state index is 13.7. The Morgan fingerprint density at radius 3 is 2.60 bits per heavy atom. The van der Waals surface area contributed by atoms with Crippen molar-refractivity contribution in [2.24, 2.45) is 0 Å². The van der Waals surface area contributed by atoms with Crippen LogP contribution in [0.1, 0.15) is 22.5 Å². The molecule has 40 heavy (non-hydrogen) atoms. The van der Waals surface area contributed by atoms with Gasteiger partial charge in [0.25, 0.3) is 5.91 Å². The van der Waals surface area contributed by atoms with Crippen LogP contribution in [0, 0.1) is 17.1 Å². The van der Waals surface area contributed by atoms with E-state index in [1.807, 2.05) is 0 Å². The van der Waals surface area contributed by atoms with E-state index in [9.17, 15) is 29.5 Å². The zero-order chi connectivity index (χ0) is 27.5. The van der Waals surface area contributed by atoms with Crippen molar-refractivity contribution in [1.29, 1.82) is 5.26 Å². The lowest BCUT2D eigenvalue weighted by Gasteiger charge is -2.15. The van der Waals surface area contributed by atoms with Gasteiger partial charge < -0.3 is 30.6 Å². The number of hydrogen-bond acceptors (Lipinski definition) is 8. The second-order valence-electron chi connectivity index (χ2n) is 8.90. The third-order valence-corrected chi connectivity index (χ3v) is 6.21. The maximum Gasteiger partial charge on any atom is 0.292 e. The molecule has 0 bridgehead atoms. The Labute approximate surface area is 233 Å². The van der Waals surface area contributed by atoms with Gasteiger partial charge in [0.05, 0.1) is 24.1 Å². The van der Waals surface area contributed by atoms with E-state index < -0.39 is 23.9 Å². The molecule has 204 valence electrons. The number of pyridine rings is 1. The highest BCUT2D eigenvalue weighted by Gasteiger charge is 2.28. The molecule has 1 fully saturated rings. The summed E-state index contributed by atoms with van der Waals surface area (Å²) >= 11 is 0. The first-order valence-electron chi connectivity index (χ1n) is 11.9. The molecule has 1 saturated heterocycles. The Balaban J connectivity index is 0.00000370. The number of rotatable bonds is 6. The third kappa shape index (κ3) is 5.94.